The Morgan fingerprint density at radius 3 is 2.68 bits per heavy atom. The fraction of sp³-hybridized carbons (Fsp3) is 0.368. The number of cyclic esters (lactones) is 1. The molecule has 1 aromatic carbocycles. The van der Waals surface area contributed by atoms with Crippen molar-refractivity contribution in [1.29, 1.82) is 0 Å². The summed E-state index contributed by atoms with van der Waals surface area (Å²) in [5.74, 6) is -0.418. The van der Waals surface area contributed by atoms with E-state index in [0.29, 0.717) is 30.3 Å². The van der Waals surface area contributed by atoms with Gasteiger partial charge in [0, 0.05) is 18.1 Å². The normalized spacial score (nSPS) is 17.6. The van der Waals surface area contributed by atoms with Gasteiger partial charge in [0.15, 0.2) is 5.78 Å². The highest BCUT2D eigenvalue weighted by atomic mass is 16.5. The Hall–Kier alpha value is -2.76. The van der Waals surface area contributed by atoms with Gasteiger partial charge < -0.3 is 19.3 Å². The molecule has 1 heterocycles. The molecule has 6 heteroatoms. The SMILES string of the molecule is CCOc1ccc(C=CC(=O)C2=C(O)CC(C)OC2=O)c(OCC)c1. The predicted octanol–water partition coefficient (Wildman–Crippen LogP) is 3.21. The maximum absolute atomic E-state index is 12.3. The van der Waals surface area contributed by atoms with Crippen LogP contribution >= 0.6 is 0 Å². The molecular weight excluding hydrogens is 324 g/mol. The summed E-state index contributed by atoms with van der Waals surface area (Å²) in [5, 5.41) is 9.89. The third kappa shape index (κ3) is 4.62. The van der Waals surface area contributed by atoms with E-state index >= 15 is 0 Å². The Morgan fingerprint density at radius 2 is 2.04 bits per heavy atom. The van der Waals surface area contributed by atoms with E-state index in [9.17, 15) is 14.7 Å². The standard InChI is InChI=1S/C19H22O6/c1-4-23-14-8-6-13(17(11-14)24-5-2)7-9-15(20)18-16(21)10-12(3)25-19(18)22/h6-9,11-12,21H,4-5,10H2,1-3H3. The number of allylic oxidation sites excluding steroid dienone is 1. The summed E-state index contributed by atoms with van der Waals surface area (Å²) < 4.78 is 16.0. The van der Waals surface area contributed by atoms with Gasteiger partial charge in [-0.3, -0.25) is 4.79 Å². The van der Waals surface area contributed by atoms with Crippen LogP contribution in [-0.2, 0) is 14.3 Å². The van der Waals surface area contributed by atoms with Gasteiger partial charge in [0.25, 0.3) is 0 Å². The summed E-state index contributed by atoms with van der Waals surface area (Å²) >= 11 is 0. The van der Waals surface area contributed by atoms with Crippen molar-refractivity contribution in [3.63, 3.8) is 0 Å². The molecule has 0 bridgehead atoms. The minimum Gasteiger partial charge on any atom is -0.511 e. The van der Waals surface area contributed by atoms with Gasteiger partial charge in [-0.2, -0.15) is 0 Å². The Morgan fingerprint density at radius 1 is 1.32 bits per heavy atom. The molecule has 6 nitrogen and oxygen atoms in total. The highest BCUT2D eigenvalue weighted by molar-refractivity contribution is 6.23. The Bertz CT molecular complexity index is 717. The lowest BCUT2D eigenvalue weighted by molar-refractivity contribution is -0.146. The molecule has 1 atom stereocenters. The van der Waals surface area contributed by atoms with E-state index in [0.717, 1.165) is 0 Å². The topological polar surface area (TPSA) is 82.1 Å². The number of esters is 1. The number of carbonyl (C=O) groups is 2. The van der Waals surface area contributed by atoms with Crippen molar-refractivity contribution in [3.8, 4) is 11.5 Å². The Labute approximate surface area is 146 Å². The quantitative estimate of drug-likeness (QED) is 0.464. The van der Waals surface area contributed by atoms with Crippen molar-refractivity contribution in [2.45, 2.75) is 33.3 Å². The van der Waals surface area contributed by atoms with E-state index in [4.69, 9.17) is 14.2 Å². The fourth-order valence-electron chi connectivity index (χ4n) is 2.46. The molecule has 0 aliphatic carbocycles. The first-order chi connectivity index (χ1) is 12.0. The van der Waals surface area contributed by atoms with Gasteiger partial charge in [0.1, 0.15) is 28.9 Å². The van der Waals surface area contributed by atoms with Crippen LogP contribution in [0.25, 0.3) is 6.08 Å². The summed E-state index contributed by atoms with van der Waals surface area (Å²) in [6, 6.07) is 5.27. The maximum Gasteiger partial charge on any atom is 0.345 e. The number of ketones is 1. The zero-order valence-electron chi connectivity index (χ0n) is 14.6. The maximum atomic E-state index is 12.3. The van der Waals surface area contributed by atoms with Crippen molar-refractivity contribution in [3.05, 3.63) is 41.2 Å². The molecule has 2 rings (SSSR count). The molecule has 0 saturated carbocycles. The van der Waals surface area contributed by atoms with Crippen LogP contribution in [0.3, 0.4) is 0 Å². The zero-order valence-corrected chi connectivity index (χ0v) is 14.6. The smallest absolute Gasteiger partial charge is 0.345 e. The molecule has 0 spiro atoms. The summed E-state index contributed by atoms with van der Waals surface area (Å²) in [6.45, 7) is 6.39. The molecule has 0 saturated heterocycles. The minimum absolute atomic E-state index is 0.133. The highest BCUT2D eigenvalue weighted by Crippen LogP contribution is 2.27. The number of benzene rings is 1. The number of hydrogen-bond acceptors (Lipinski definition) is 6. The lowest BCUT2D eigenvalue weighted by atomic mass is 10.0. The third-order valence-corrected chi connectivity index (χ3v) is 3.54. The lowest BCUT2D eigenvalue weighted by Gasteiger charge is -2.20. The molecule has 134 valence electrons. The number of hydrogen-bond donors (Lipinski definition) is 1. The van der Waals surface area contributed by atoms with Gasteiger partial charge in [-0.15, -0.1) is 0 Å². The van der Waals surface area contributed by atoms with Crippen molar-refractivity contribution in [2.24, 2.45) is 0 Å². The van der Waals surface area contributed by atoms with Crippen LogP contribution in [0.15, 0.2) is 35.6 Å². The molecule has 1 aliphatic rings. The van der Waals surface area contributed by atoms with E-state index in [2.05, 4.69) is 0 Å². The van der Waals surface area contributed by atoms with E-state index in [-0.39, 0.29) is 17.8 Å². The molecule has 0 radical (unpaired) electrons. The summed E-state index contributed by atoms with van der Waals surface area (Å²) in [7, 11) is 0. The molecule has 0 amide bonds. The number of aliphatic hydroxyl groups is 1. The number of carbonyl (C=O) groups excluding carboxylic acids is 2. The van der Waals surface area contributed by atoms with Crippen LogP contribution in [0.5, 0.6) is 11.5 Å². The molecule has 0 aromatic heterocycles. The predicted molar refractivity (Wildman–Crippen MR) is 92.6 cm³/mol. The average Bonchev–Trinajstić information content (AvgIpc) is 2.53. The highest BCUT2D eigenvalue weighted by Gasteiger charge is 2.30. The molecular formula is C19H22O6. The number of ether oxygens (including phenoxy) is 3. The molecule has 1 aromatic rings. The van der Waals surface area contributed by atoms with Crippen molar-refractivity contribution in [1.82, 2.24) is 0 Å². The average molecular weight is 346 g/mol. The Kier molecular flexibility index (Phi) is 6.22. The first-order valence-electron chi connectivity index (χ1n) is 8.21. The third-order valence-electron chi connectivity index (χ3n) is 3.54. The van der Waals surface area contributed by atoms with Gasteiger partial charge >= 0.3 is 5.97 Å². The van der Waals surface area contributed by atoms with E-state index in [1.54, 1.807) is 25.1 Å². The summed E-state index contributed by atoms with van der Waals surface area (Å²) in [4.78, 5) is 24.1. The number of aliphatic hydroxyl groups excluding tert-OH is 1. The van der Waals surface area contributed by atoms with Crippen LogP contribution in [-0.4, -0.2) is 36.2 Å². The van der Waals surface area contributed by atoms with Crippen molar-refractivity contribution >= 4 is 17.8 Å². The second-order valence-electron chi connectivity index (χ2n) is 5.50. The van der Waals surface area contributed by atoms with Crippen molar-refractivity contribution in [2.75, 3.05) is 13.2 Å². The minimum atomic E-state index is -0.803. The summed E-state index contributed by atoms with van der Waals surface area (Å²) in [5.41, 5.74) is 0.342. The first kappa shape index (κ1) is 18.6. The lowest BCUT2D eigenvalue weighted by Crippen LogP contribution is -2.27. The van der Waals surface area contributed by atoms with Gasteiger partial charge in [-0.05, 0) is 45.1 Å². The molecule has 1 aliphatic heterocycles. The Balaban J connectivity index is 2.24. The van der Waals surface area contributed by atoms with Gasteiger partial charge in [0.05, 0.1) is 13.2 Å². The largest absolute Gasteiger partial charge is 0.511 e. The second-order valence-corrected chi connectivity index (χ2v) is 5.50. The fourth-order valence-corrected chi connectivity index (χ4v) is 2.46. The van der Waals surface area contributed by atoms with Gasteiger partial charge in [0.2, 0.25) is 0 Å². The van der Waals surface area contributed by atoms with Crippen LogP contribution in [0.1, 0.15) is 32.8 Å². The van der Waals surface area contributed by atoms with Crippen molar-refractivity contribution < 1.29 is 28.9 Å². The summed E-state index contributed by atoms with van der Waals surface area (Å²) in [6.07, 6.45) is 2.45. The van der Waals surface area contributed by atoms with E-state index in [1.165, 1.54) is 12.2 Å². The number of rotatable bonds is 7. The van der Waals surface area contributed by atoms with Crippen LogP contribution in [0.4, 0.5) is 0 Å². The molecule has 0 fully saturated rings. The van der Waals surface area contributed by atoms with Crippen LogP contribution in [0, 0.1) is 0 Å². The molecule has 1 N–H and O–H groups in total. The van der Waals surface area contributed by atoms with Crippen LogP contribution in [0.2, 0.25) is 0 Å². The molecule has 1 unspecified atom stereocenters. The van der Waals surface area contributed by atoms with E-state index in [1.807, 2.05) is 13.8 Å². The van der Waals surface area contributed by atoms with Gasteiger partial charge in [-0.25, -0.2) is 4.79 Å². The monoisotopic (exact) mass is 346 g/mol. The zero-order chi connectivity index (χ0) is 18.4. The van der Waals surface area contributed by atoms with Gasteiger partial charge in [-0.1, -0.05) is 0 Å². The second kappa shape index (κ2) is 8.37. The van der Waals surface area contributed by atoms with E-state index < -0.39 is 17.9 Å². The van der Waals surface area contributed by atoms with Crippen LogP contribution < -0.4 is 9.47 Å². The molecule has 25 heavy (non-hydrogen) atoms. The first-order valence-corrected chi connectivity index (χ1v) is 8.21.